The topological polar surface area (TPSA) is 74.5 Å². The summed E-state index contributed by atoms with van der Waals surface area (Å²) in [5.41, 5.74) is 2.37. The molecule has 0 amide bonds. The van der Waals surface area contributed by atoms with Crippen LogP contribution in [0.5, 0.6) is 0 Å². The standard InChI is InChI=1S/C18H14BrFN6S/c19-16-7-2-1-6-15(16)17-22-23-18(26(17)21)27-11-13-8-9-25(24-13)14-5-3-4-12(20)10-14/h1-10H,11,21H2. The normalized spacial score (nSPS) is 11.0. The van der Waals surface area contributed by atoms with Crippen LogP contribution in [-0.2, 0) is 5.75 Å². The van der Waals surface area contributed by atoms with Crippen molar-refractivity contribution in [3.8, 4) is 17.1 Å². The summed E-state index contributed by atoms with van der Waals surface area (Å²) in [6.45, 7) is 0. The maximum Gasteiger partial charge on any atom is 0.210 e. The zero-order valence-electron chi connectivity index (χ0n) is 14.0. The molecule has 136 valence electrons. The highest BCUT2D eigenvalue weighted by molar-refractivity contribution is 9.10. The van der Waals surface area contributed by atoms with E-state index in [2.05, 4.69) is 31.2 Å². The molecule has 9 heteroatoms. The van der Waals surface area contributed by atoms with Crippen LogP contribution in [-0.4, -0.2) is 24.7 Å². The van der Waals surface area contributed by atoms with Crippen molar-refractivity contribution >= 4 is 27.7 Å². The molecule has 6 nitrogen and oxygen atoms in total. The van der Waals surface area contributed by atoms with Gasteiger partial charge in [0.05, 0.1) is 11.4 Å². The molecule has 0 atom stereocenters. The Hall–Kier alpha value is -2.65. The number of nitrogens with zero attached hydrogens (tertiary/aromatic N) is 5. The minimum atomic E-state index is -0.297. The summed E-state index contributed by atoms with van der Waals surface area (Å²) >= 11 is 4.93. The van der Waals surface area contributed by atoms with Crippen LogP contribution >= 0.6 is 27.7 Å². The second kappa shape index (κ2) is 7.53. The minimum Gasteiger partial charge on any atom is -0.335 e. The molecule has 0 bridgehead atoms. The fraction of sp³-hybridized carbons (Fsp3) is 0.0556. The molecular formula is C18H14BrFN6S. The van der Waals surface area contributed by atoms with E-state index in [1.807, 2.05) is 30.3 Å². The molecule has 0 aliphatic rings. The summed E-state index contributed by atoms with van der Waals surface area (Å²) in [4.78, 5) is 0. The van der Waals surface area contributed by atoms with Crippen molar-refractivity contribution in [2.75, 3.05) is 5.84 Å². The highest BCUT2D eigenvalue weighted by Gasteiger charge is 2.15. The van der Waals surface area contributed by atoms with Crippen LogP contribution in [0.4, 0.5) is 4.39 Å². The summed E-state index contributed by atoms with van der Waals surface area (Å²) < 4.78 is 17.4. The summed E-state index contributed by atoms with van der Waals surface area (Å²) in [7, 11) is 0. The molecule has 0 radical (unpaired) electrons. The molecule has 4 rings (SSSR count). The zero-order chi connectivity index (χ0) is 18.8. The van der Waals surface area contributed by atoms with Crippen molar-refractivity contribution in [1.82, 2.24) is 24.7 Å². The van der Waals surface area contributed by atoms with Crippen LogP contribution in [0.15, 0.2) is 70.4 Å². The van der Waals surface area contributed by atoms with Crippen molar-refractivity contribution in [3.63, 3.8) is 0 Å². The van der Waals surface area contributed by atoms with E-state index >= 15 is 0 Å². The Morgan fingerprint density at radius 2 is 1.93 bits per heavy atom. The lowest BCUT2D eigenvalue weighted by atomic mass is 10.2. The van der Waals surface area contributed by atoms with Gasteiger partial charge in [-0.05, 0) is 36.4 Å². The first-order chi connectivity index (χ1) is 13.1. The Kier molecular flexibility index (Phi) is 4.95. The summed E-state index contributed by atoms with van der Waals surface area (Å²) in [5, 5.41) is 13.4. The summed E-state index contributed by atoms with van der Waals surface area (Å²) in [6.07, 6.45) is 1.80. The van der Waals surface area contributed by atoms with E-state index < -0.39 is 0 Å². The molecule has 0 unspecified atom stereocenters. The van der Waals surface area contributed by atoms with Crippen molar-refractivity contribution in [1.29, 1.82) is 0 Å². The van der Waals surface area contributed by atoms with Crippen molar-refractivity contribution in [2.45, 2.75) is 10.9 Å². The number of benzene rings is 2. The predicted octanol–water partition coefficient (Wildman–Crippen LogP) is 4.04. The van der Waals surface area contributed by atoms with Crippen molar-refractivity contribution < 1.29 is 4.39 Å². The number of nitrogens with two attached hydrogens (primary N) is 1. The van der Waals surface area contributed by atoms with Crippen molar-refractivity contribution in [2.24, 2.45) is 0 Å². The van der Waals surface area contributed by atoms with E-state index in [0.29, 0.717) is 22.4 Å². The van der Waals surface area contributed by atoms with Gasteiger partial charge in [0.15, 0.2) is 5.82 Å². The van der Waals surface area contributed by atoms with E-state index in [-0.39, 0.29) is 5.82 Å². The Bertz CT molecular complexity index is 1090. The molecule has 0 aliphatic heterocycles. The molecule has 2 heterocycles. The molecule has 2 aromatic carbocycles. The molecule has 4 aromatic rings. The first-order valence-electron chi connectivity index (χ1n) is 8.00. The Morgan fingerprint density at radius 3 is 2.74 bits per heavy atom. The average Bonchev–Trinajstić information content (AvgIpc) is 3.28. The molecule has 0 saturated heterocycles. The monoisotopic (exact) mass is 444 g/mol. The number of halogens is 2. The fourth-order valence-electron chi connectivity index (χ4n) is 2.54. The van der Waals surface area contributed by atoms with Gasteiger partial charge in [-0.25, -0.2) is 13.7 Å². The molecule has 2 N–H and O–H groups in total. The van der Waals surface area contributed by atoms with E-state index in [4.69, 9.17) is 5.84 Å². The van der Waals surface area contributed by atoms with Crippen LogP contribution in [0.3, 0.4) is 0 Å². The van der Waals surface area contributed by atoms with Gasteiger partial charge in [-0.3, -0.25) is 0 Å². The third-order valence-electron chi connectivity index (χ3n) is 3.85. The van der Waals surface area contributed by atoms with Crippen LogP contribution in [0.1, 0.15) is 5.69 Å². The van der Waals surface area contributed by atoms with E-state index in [9.17, 15) is 4.39 Å². The Morgan fingerprint density at radius 1 is 1.07 bits per heavy atom. The summed E-state index contributed by atoms with van der Waals surface area (Å²) in [5.74, 6) is 7.01. The number of hydrogen-bond donors (Lipinski definition) is 1. The zero-order valence-corrected chi connectivity index (χ0v) is 16.4. The highest BCUT2D eigenvalue weighted by atomic mass is 79.9. The third kappa shape index (κ3) is 3.74. The maximum atomic E-state index is 13.4. The van der Waals surface area contributed by atoms with Crippen LogP contribution in [0.2, 0.25) is 0 Å². The first kappa shape index (κ1) is 17.7. The number of thioether (sulfide) groups is 1. The van der Waals surface area contributed by atoms with Gasteiger partial charge in [0.1, 0.15) is 5.82 Å². The Labute approximate surface area is 167 Å². The van der Waals surface area contributed by atoms with E-state index in [1.165, 1.54) is 28.6 Å². The van der Waals surface area contributed by atoms with Gasteiger partial charge < -0.3 is 5.84 Å². The molecule has 0 spiro atoms. The average molecular weight is 445 g/mol. The van der Waals surface area contributed by atoms with Crippen LogP contribution in [0, 0.1) is 5.82 Å². The lowest BCUT2D eigenvalue weighted by Crippen LogP contribution is -2.11. The quantitative estimate of drug-likeness (QED) is 0.371. The summed E-state index contributed by atoms with van der Waals surface area (Å²) in [6, 6.07) is 15.9. The van der Waals surface area contributed by atoms with E-state index in [0.717, 1.165) is 15.7 Å². The molecule has 2 aromatic heterocycles. The molecule has 0 saturated carbocycles. The lowest BCUT2D eigenvalue weighted by Gasteiger charge is -2.04. The third-order valence-corrected chi connectivity index (χ3v) is 5.51. The minimum absolute atomic E-state index is 0.297. The fourth-order valence-corrected chi connectivity index (χ4v) is 3.76. The van der Waals surface area contributed by atoms with Gasteiger partial charge in [-0.1, -0.05) is 45.9 Å². The SMILES string of the molecule is Nn1c(SCc2ccn(-c3cccc(F)c3)n2)nnc1-c1ccccc1Br. The number of aromatic nitrogens is 5. The van der Waals surface area contributed by atoms with Crippen LogP contribution < -0.4 is 5.84 Å². The van der Waals surface area contributed by atoms with Gasteiger partial charge >= 0.3 is 0 Å². The van der Waals surface area contributed by atoms with Gasteiger partial charge in [0.2, 0.25) is 5.16 Å². The highest BCUT2D eigenvalue weighted by Crippen LogP contribution is 2.28. The first-order valence-corrected chi connectivity index (χ1v) is 9.78. The molecule has 0 fully saturated rings. The Balaban J connectivity index is 1.50. The van der Waals surface area contributed by atoms with Gasteiger partial charge in [0.25, 0.3) is 0 Å². The smallest absolute Gasteiger partial charge is 0.210 e. The molecule has 0 aliphatic carbocycles. The molecular weight excluding hydrogens is 431 g/mol. The number of nitrogen functional groups attached to an aromatic ring is 1. The van der Waals surface area contributed by atoms with Gasteiger partial charge in [-0.2, -0.15) is 5.10 Å². The second-order valence-electron chi connectivity index (χ2n) is 5.68. The van der Waals surface area contributed by atoms with Crippen molar-refractivity contribution in [3.05, 3.63) is 76.8 Å². The molecule has 27 heavy (non-hydrogen) atoms. The van der Waals surface area contributed by atoms with E-state index in [1.54, 1.807) is 23.0 Å². The maximum absolute atomic E-state index is 13.4. The van der Waals surface area contributed by atoms with Crippen LogP contribution in [0.25, 0.3) is 17.1 Å². The number of hydrogen-bond acceptors (Lipinski definition) is 5. The predicted molar refractivity (Wildman–Crippen MR) is 106 cm³/mol. The number of rotatable bonds is 5. The second-order valence-corrected chi connectivity index (χ2v) is 7.47. The lowest BCUT2D eigenvalue weighted by molar-refractivity contribution is 0.625. The van der Waals surface area contributed by atoms with Gasteiger partial charge in [-0.15, -0.1) is 10.2 Å². The van der Waals surface area contributed by atoms with Gasteiger partial charge in [0, 0.05) is 22.0 Å². The largest absolute Gasteiger partial charge is 0.335 e.